The highest BCUT2D eigenvalue weighted by molar-refractivity contribution is 5.88. The molecule has 1 N–H and O–H groups in total. The van der Waals surface area contributed by atoms with E-state index in [-0.39, 0.29) is 24.1 Å². The van der Waals surface area contributed by atoms with Crippen molar-refractivity contribution in [2.45, 2.75) is 38.8 Å². The van der Waals surface area contributed by atoms with E-state index in [1.54, 1.807) is 15.6 Å². The van der Waals surface area contributed by atoms with Crippen LogP contribution >= 0.6 is 0 Å². The molecule has 3 rings (SSSR count). The van der Waals surface area contributed by atoms with Gasteiger partial charge in [0.2, 0.25) is 0 Å². The molecule has 25 heavy (non-hydrogen) atoms. The van der Waals surface area contributed by atoms with Gasteiger partial charge in [0.1, 0.15) is 6.10 Å². The Labute approximate surface area is 145 Å². The first-order valence-electron chi connectivity index (χ1n) is 8.41. The second-order valence-corrected chi connectivity index (χ2v) is 6.32. The third-order valence-corrected chi connectivity index (χ3v) is 4.04. The van der Waals surface area contributed by atoms with Gasteiger partial charge in [-0.15, -0.1) is 0 Å². The van der Waals surface area contributed by atoms with Crippen molar-refractivity contribution in [3.05, 3.63) is 36.4 Å². The number of pyridine rings is 1. The zero-order chi connectivity index (χ0) is 17.8. The molecule has 1 aliphatic rings. The van der Waals surface area contributed by atoms with E-state index in [0.717, 1.165) is 12.8 Å². The monoisotopic (exact) mass is 347 g/mol. The van der Waals surface area contributed by atoms with Gasteiger partial charge in [-0.05, 0) is 38.8 Å². The average Bonchev–Trinajstić information content (AvgIpc) is 3.06. The highest BCUT2D eigenvalue weighted by atomic mass is 19.1. The largest absolute Gasteiger partial charge is 0.470 e. The summed E-state index contributed by atoms with van der Waals surface area (Å²) in [5, 5.41) is 7.10. The van der Waals surface area contributed by atoms with Gasteiger partial charge >= 0.3 is 6.03 Å². The quantitative estimate of drug-likeness (QED) is 0.922. The highest BCUT2D eigenvalue weighted by Crippen LogP contribution is 2.19. The lowest BCUT2D eigenvalue weighted by Crippen LogP contribution is -2.46. The van der Waals surface area contributed by atoms with E-state index in [9.17, 15) is 9.18 Å². The minimum Gasteiger partial charge on any atom is -0.470 e. The average molecular weight is 347 g/mol. The van der Waals surface area contributed by atoms with E-state index in [1.165, 1.54) is 18.3 Å². The van der Waals surface area contributed by atoms with E-state index in [2.05, 4.69) is 15.4 Å². The third kappa shape index (κ3) is 4.26. The predicted molar refractivity (Wildman–Crippen MR) is 91.0 cm³/mol. The number of halogens is 1. The number of piperidine rings is 1. The smallest absolute Gasteiger partial charge is 0.323 e. The van der Waals surface area contributed by atoms with E-state index in [0.29, 0.717) is 18.9 Å². The Morgan fingerprint density at radius 1 is 1.44 bits per heavy atom. The summed E-state index contributed by atoms with van der Waals surface area (Å²) >= 11 is 0. The van der Waals surface area contributed by atoms with Crippen molar-refractivity contribution in [2.24, 2.45) is 0 Å². The molecule has 8 heteroatoms. The van der Waals surface area contributed by atoms with E-state index >= 15 is 0 Å². The number of ether oxygens (including phenoxy) is 1. The molecule has 2 aromatic heterocycles. The molecule has 2 amide bonds. The van der Waals surface area contributed by atoms with Gasteiger partial charge in [0, 0.05) is 31.0 Å². The summed E-state index contributed by atoms with van der Waals surface area (Å²) in [7, 11) is 0. The number of nitrogens with zero attached hydrogens (tertiary/aromatic N) is 4. The van der Waals surface area contributed by atoms with Gasteiger partial charge in [-0.1, -0.05) is 0 Å². The van der Waals surface area contributed by atoms with Crippen LogP contribution in [0.2, 0.25) is 0 Å². The highest BCUT2D eigenvalue weighted by Gasteiger charge is 2.26. The van der Waals surface area contributed by atoms with Crippen LogP contribution in [0.5, 0.6) is 5.88 Å². The Hall–Kier alpha value is -2.64. The van der Waals surface area contributed by atoms with Crippen LogP contribution in [0, 0.1) is 5.82 Å². The fraction of sp³-hybridized carbons (Fsp3) is 0.471. The molecule has 3 heterocycles. The fourth-order valence-electron chi connectivity index (χ4n) is 2.72. The Morgan fingerprint density at radius 3 is 3.00 bits per heavy atom. The first-order valence-corrected chi connectivity index (χ1v) is 8.41. The summed E-state index contributed by atoms with van der Waals surface area (Å²) in [6.07, 6.45) is 4.56. The topological polar surface area (TPSA) is 72.3 Å². The van der Waals surface area contributed by atoms with Crippen LogP contribution in [0.4, 0.5) is 15.0 Å². The summed E-state index contributed by atoms with van der Waals surface area (Å²) in [6.45, 7) is 5.04. The van der Waals surface area contributed by atoms with Crippen LogP contribution in [-0.4, -0.2) is 44.9 Å². The normalized spacial score (nSPS) is 17.6. The Morgan fingerprint density at radius 2 is 2.28 bits per heavy atom. The predicted octanol–water partition coefficient (Wildman–Crippen LogP) is 3.07. The number of carbonyl (C=O) groups excluding carboxylic acids is 1. The fourth-order valence-corrected chi connectivity index (χ4v) is 2.72. The van der Waals surface area contributed by atoms with E-state index < -0.39 is 5.82 Å². The van der Waals surface area contributed by atoms with Gasteiger partial charge < -0.3 is 9.64 Å². The van der Waals surface area contributed by atoms with E-state index in [4.69, 9.17) is 4.74 Å². The molecule has 0 spiro atoms. The van der Waals surface area contributed by atoms with E-state index in [1.807, 2.05) is 20.0 Å². The number of hydrogen-bond acceptors (Lipinski definition) is 4. The van der Waals surface area contributed by atoms with Crippen LogP contribution in [0.25, 0.3) is 0 Å². The van der Waals surface area contributed by atoms with Gasteiger partial charge in [0.15, 0.2) is 11.6 Å². The minimum atomic E-state index is -0.497. The number of carbonyl (C=O) groups is 1. The lowest BCUT2D eigenvalue weighted by atomic mass is 10.1. The maximum Gasteiger partial charge on any atom is 0.323 e. The van der Waals surface area contributed by atoms with Crippen molar-refractivity contribution in [1.82, 2.24) is 19.7 Å². The van der Waals surface area contributed by atoms with Crippen molar-refractivity contribution < 1.29 is 13.9 Å². The van der Waals surface area contributed by atoms with Crippen molar-refractivity contribution in [3.63, 3.8) is 0 Å². The van der Waals surface area contributed by atoms with Crippen molar-refractivity contribution >= 4 is 11.8 Å². The maximum atomic E-state index is 13.7. The summed E-state index contributed by atoms with van der Waals surface area (Å²) in [5.74, 6) is -0.00810. The van der Waals surface area contributed by atoms with Crippen LogP contribution in [0.15, 0.2) is 30.6 Å². The lowest BCUT2D eigenvalue weighted by molar-refractivity contribution is 0.0986. The standard InChI is InChI=1S/C17H22FN5O2/c1-12(2)23-10-7-15(21-23)20-17(24)22-9-4-5-13(11-22)25-16-14(18)6-3-8-19-16/h3,6-8,10,12-13H,4-5,9,11H2,1-2H3,(H,20,21,24). The number of likely N-dealkylation sites (tertiary alicyclic amines) is 1. The summed E-state index contributed by atoms with van der Waals surface area (Å²) in [5.41, 5.74) is 0. The molecule has 1 aliphatic heterocycles. The summed E-state index contributed by atoms with van der Waals surface area (Å²) < 4.78 is 21.1. The van der Waals surface area contributed by atoms with Gasteiger partial charge in [-0.25, -0.2) is 14.2 Å². The Bertz CT molecular complexity index is 733. The maximum absolute atomic E-state index is 13.7. The number of amides is 2. The van der Waals surface area contributed by atoms with Gasteiger partial charge in [0.05, 0.1) is 6.54 Å². The van der Waals surface area contributed by atoms with Gasteiger partial charge in [0.25, 0.3) is 5.88 Å². The Balaban J connectivity index is 1.58. The molecule has 2 aromatic rings. The molecule has 0 bridgehead atoms. The second kappa shape index (κ2) is 7.50. The van der Waals surface area contributed by atoms with Gasteiger partial charge in [-0.3, -0.25) is 10.00 Å². The van der Waals surface area contributed by atoms with Crippen LogP contribution in [0.3, 0.4) is 0 Å². The van der Waals surface area contributed by atoms with Crippen molar-refractivity contribution in [1.29, 1.82) is 0 Å². The molecule has 0 aromatic carbocycles. The van der Waals surface area contributed by atoms with Crippen LogP contribution in [0.1, 0.15) is 32.7 Å². The number of anilines is 1. The van der Waals surface area contributed by atoms with Crippen LogP contribution < -0.4 is 10.1 Å². The third-order valence-electron chi connectivity index (χ3n) is 4.04. The molecule has 0 aliphatic carbocycles. The summed E-state index contributed by atoms with van der Waals surface area (Å²) in [4.78, 5) is 18.0. The van der Waals surface area contributed by atoms with Crippen molar-refractivity contribution in [3.8, 4) is 5.88 Å². The number of nitrogens with one attached hydrogen (secondary N) is 1. The lowest BCUT2D eigenvalue weighted by Gasteiger charge is -2.32. The van der Waals surface area contributed by atoms with Crippen molar-refractivity contribution in [2.75, 3.05) is 18.4 Å². The second-order valence-electron chi connectivity index (χ2n) is 6.32. The molecule has 1 fully saturated rings. The van der Waals surface area contributed by atoms with Gasteiger partial charge in [-0.2, -0.15) is 5.10 Å². The van der Waals surface area contributed by atoms with Crippen LogP contribution in [-0.2, 0) is 0 Å². The minimum absolute atomic E-state index is 0.0227. The Kier molecular flexibility index (Phi) is 5.16. The molecular weight excluding hydrogens is 325 g/mol. The first-order chi connectivity index (χ1) is 12.0. The number of aromatic nitrogens is 3. The summed E-state index contributed by atoms with van der Waals surface area (Å²) in [6, 6.07) is 4.58. The molecule has 1 atom stereocenters. The molecule has 1 unspecified atom stereocenters. The SMILES string of the molecule is CC(C)n1ccc(NC(=O)N2CCCC(Oc3ncccc3F)C2)n1. The molecule has 134 valence electrons. The zero-order valence-corrected chi connectivity index (χ0v) is 14.4. The molecular formula is C17H22FN5O2. The number of hydrogen-bond donors (Lipinski definition) is 1. The number of rotatable bonds is 4. The first kappa shape index (κ1) is 17.2. The molecule has 0 saturated carbocycles. The number of urea groups is 1. The zero-order valence-electron chi connectivity index (χ0n) is 14.4. The molecule has 7 nitrogen and oxygen atoms in total. The molecule has 1 saturated heterocycles. The molecule has 0 radical (unpaired) electrons.